The molecule has 2 rings (SSSR count). The molecule has 16 heavy (non-hydrogen) atoms. The lowest BCUT2D eigenvalue weighted by Gasteiger charge is -2.43. The molecular formula is C13H18BrNO. The summed E-state index contributed by atoms with van der Waals surface area (Å²) in [5.74, 6) is 0.436. The molecule has 1 aliphatic rings. The van der Waals surface area contributed by atoms with Gasteiger partial charge >= 0.3 is 0 Å². The summed E-state index contributed by atoms with van der Waals surface area (Å²) in [7, 11) is 0. The molecule has 0 aliphatic heterocycles. The van der Waals surface area contributed by atoms with Crippen molar-refractivity contribution in [3.05, 3.63) is 27.2 Å². The Labute approximate surface area is 105 Å². The molecule has 1 aromatic rings. The summed E-state index contributed by atoms with van der Waals surface area (Å²) in [4.78, 5) is 0. The molecule has 0 unspecified atom stereocenters. The maximum absolute atomic E-state index is 10.3. The SMILES string of the molecule is Cc1cc(Br)c(C)c(C2(CN)CCC2)c1O. The third kappa shape index (κ3) is 1.57. The van der Waals surface area contributed by atoms with Crippen molar-refractivity contribution >= 4 is 15.9 Å². The molecule has 3 heteroatoms. The van der Waals surface area contributed by atoms with Gasteiger partial charge in [0.1, 0.15) is 5.75 Å². The highest BCUT2D eigenvalue weighted by Crippen LogP contribution is 2.49. The van der Waals surface area contributed by atoms with Crippen LogP contribution in [0, 0.1) is 13.8 Å². The predicted octanol–water partition coefficient (Wildman–Crippen LogP) is 3.15. The van der Waals surface area contributed by atoms with E-state index in [4.69, 9.17) is 5.73 Å². The maximum Gasteiger partial charge on any atom is 0.122 e. The van der Waals surface area contributed by atoms with Crippen LogP contribution >= 0.6 is 15.9 Å². The maximum atomic E-state index is 10.3. The Bertz CT molecular complexity index is 393. The van der Waals surface area contributed by atoms with Gasteiger partial charge in [-0.3, -0.25) is 0 Å². The molecule has 0 atom stereocenters. The van der Waals surface area contributed by atoms with Gasteiger partial charge in [0, 0.05) is 22.0 Å². The van der Waals surface area contributed by atoms with Crippen molar-refractivity contribution in [3.63, 3.8) is 0 Å². The third-order valence-corrected chi connectivity index (χ3v) is 4.74. The average molecular weight is 284 g/mol. The summed E-state index contributed by atoms with van der Waals surface area (Å²) >= 11 is 3.55. The van der Waals surface area contributed by atoms with Crippen LogP contribution < -0.4 is 5.73 Å². The van der Waals surface area contributed by atoms with Gasteiger partial charge < -0.3 is 10.8 Å². The molecule has 3 N–H and O–H groups in total. The molecule has 0 aromatic heterocycles. The zero-order valence-corrected chi connectivity index (χ0v) is 11.4. The second-order valence-corrected chi connectivity index (χ2v) is 5.72. The second-order valence-electron chi connectivity index (χ2n) is 4.86. The van der Waals surface area contributed by atoms with Crippen LogP contribution in [0.5, 0.6) is 5.75 Å². The van der Waals surface area contributed by atoms with Gasteiger partial charge in [-0.2, -0.15) is 0 Å². The van der Waals surface area contributed by atoms with Gasteiger partial charge in [-0.05, 0) is 43.9 Å². The first-order valence-corrected chi connectivity index (χ1v) is 6.50. The first-order valence-electron chi connectivity index (χ1n) is 5.71. The van der Waals surface area contributed by atoms with Gasteiger partial charge in [0.15, 0.2) is 0 Å². The fourth-order valence-electron chi connectivity index (χ4n) is 2.67. The van der Waals surface area contributed by atoms with Crippen LogP contribution in [-0.4, -0.2) is 11.7 Å². The van der Waals surface area contributed by atoms with Crippen LogP contribution in [0.25, 0.3) is 0 Å². The number of aromatic hydroxyl groups is 1. The number of phenols is 1. The highest BCUT2D eigenvalue weighted by atomic mass is 79.9. The van der Waals surface area contributed by atoms with Gasteiger partial charge in [-0.15, -0.1) is 0 Å². The average Bonchev–Trinajstić information content (AvgIpc) is 2.19. The first-order chi connectivity index (χ1) is 7.52. The van der Waals surface area contributed by atoms with Crippen molar-refractivity contribution in [2.75, 3.05) is 6.54 Å². The lowest BCUT2D eigenvalue weighted by molar-refractivity contribution is 0.243. The lowest BCUT2D eigenvalue weighted by atomic mass is 9.63. The summed E-state index contributed by atoms with van der Waals surface area (Å²) < 4.78 is 1.07. The Balaban J connectivity index is 2.63. The van der Waals surface area contributed by atoms with Gasteiger partial charge in [0.2, 0.25) is 0 Å². The first kappa shape index (κ1) is 11.9. The Morgan fingerprint density at radius 1 is 1.44 bits per heavy atom. The summed E-state index contributed by atoms with van der Waals surface area (Å²) in [6.45, 7) is 4.61. The van der Waals surface area contributed by atoms with Crippen LogP contribution in [0.15, 0.2) is 10.5 Å². The predicted molar refractivity (Wildman–Crippen MR) is 69.9 cm³/mol. The van der Waals surface area contributed by atoms with E-state index in [-0.39, 0.29) is 5.41 Å². The number of halogens is 1. The zero-order chi connectivity index (χ0) is 11.9. The van der Waals surface area contributed by atoms with Crippen molar-refractivity contribution in [2.24, 2.45) is 5.73 Å². The Kier molecular flexibility index (Phi) is 3.01. The van der Waals surface area contributed by atoms with Crippen molar-refractivity contribution in [1.29, 1.82) is 0 Å². The lowest BCUT2D eigenvalue weighted by Crippen LogP contribution is -2.42. The van der Waals surface area contributed by atoms with Gasteiger partial charge in [-0.1, -0.05) is 22.4 Å². The van der Waals surface area contributed by atoms with Crippen LogP contribution in [0.4, 0.5) is 0 Å². The van der Waals surface area contributed by atoms with Crippen molar-refractivity contribution in [2.45, 2.75) is 38.5 Å². The van der Waals surface area contributed by atoms with Crippen molar-refractivity contribution in [1.82, 2.24) is 0 Å². The Morgan fingerprint density at radius 2 is 2.06 bits per heavy atom. The topological polar surface area (TPSA) is 46.2 Å². The van der Waals surface area contributed by atoms with E-state index < -0.39 is 0 Å². The quantitative estimate of drug-likeness (QED) is 0.876. The van der Waals surface area contributed by atoms with E-state index in [9.17, 15) is 5.11 Å². The molecule has 0 saturated heterocycles. The third-order valence-electron chi connectivity index (χ3n) is 3.92. The normalized spacial score (nSPS) is 18.2. The molecule has 0 bridgehead atoms. The Hall–Kier alpha value is -0.540. The molecule has 1 aromatic carbocycles. The van der Waals surface area contributed by atoms with E-state index in [1.165, 1.54) is 6.42 Å². The number of phenolic OH excluding ortho intramolecular Hbond substituents is 1. The monoisotopic (exact) mass is 283 g/mol. The van der Waals surface area contributed by atoms with Gasteiger partial charge in [0.25, 0.3) is 0 Å². The minimum atomic E-state index is 0.0166. The fraction of sp³-hybridized carbons (Fsp3) is 0.538. The molecule has 1 fully saturated rings. The van der Waals surface area contributed by atoms with E-state index in [0.717, 1.165) is 34.0 Å². The minimum Gasteiger partial charge on any atom is -0.507 e. The van der Waals surface area contributed by atoms with E-state index in [1.807, 2.05) is 19.9 Å². The molecular weight excluding hydrogens is 266 g/mol. The summed E-state index contributed by atoms with van der Waals surface area (Å²) in [5.41, 5.74) is 9.05. The number of hydrogen-bond donors (Lipinski definition) is 2. The van der Waals surface area contributed by atoms with E-state index in [1.54, 1.807) is 0 Å². The zero-order valence-electron chi connectivity index (χ0n) is 9.81. The standard InChI is InChI=1S/C13H18BrNO/c1-8-6-10(14)9(2)11(12(8)16)13(7-15)4-3-5-13/h6,16H,3-5,7,15H2,1-2H3. The Morgan fingerprint density at radius 3 is 2.50 bits per heavy atom. The van der Waals surface area contributed by atoms with Crippen LogP contribution in [0.1, 0.15) is 36.0 Å². The van der Waals surface area contributed by atoms with Crippen LogP contribution in [0.3, 0.4) is 0 Å². The van der Waals surface area contributed by atoms with E-state index >= 15 is 0 Å². The molecule has 0 heterocycles. The summed E-state index contributed by atoms with van der Waals surface area (Å²) in [6.07, 6.45) is 3.39. The largest absolute Gasteiger partial charge is 0.507 e. The smallest absolute Gasteiger partial charge is 0.122 e. The van der Waals surface area contributed by atoms with E-state index in [0.29, 0.717) is 12.3 Å². The van der Waals surface area contributed by atoms with Gasteiger partial charge in [0.05, 0.1) is 0 Å². The van der Waals surface area contributed by atoms with E-state index in [2.05, 4.69) is 15.9 Å². The number of hydrogen-bond acceptors (Lipinski definition) is 2. The summed E-state index contributed by atoms with van der Waals surface area (Å²) in [5, 5.41) is 10.3. The fourth-order valence-corrected chi connectivity index (χ4v) is 3.21. The molecule has 88 valence electrons. The molecule has 2 nitrogen and oxygen atoms in total. The number of nitrogens with two attached hydrogens (primary N) is 1. The number of aryl methyl sites for hydroxylation is 1. The van der Waals surface area contributed by atoms with Crippen LogP contribution in [-0.2, 0) is 5.41 Å². The highest BCUT2D eigenvalue weighted by Gasteiger charge is 2.41. The van der Waals surface area contributed by atoms with Crippen molar-refractivity contribution < 1.29 is 5.11 Å². The summed E-state index contributed by atoms with van der Waals surface area (Å²) in [6, 6.07) is 1.97. The van der Waals surface area contributed by atoms with Crippen molar-refractivity contribution in [3.8, 4) is 5.75 Å². The molecule has 0 amide bonds. The molecule has 1 aliphatic carbocycles. The van der Waals surface area contributed by atoms with Crippen LogP contribution in [0.2, 0.25) is 0 Å². The minimum absolute atomic E-state index is 0.0166. The molecule has 0 spiro atoms. The molecule has 1 saturated carbocycles. The number of rotatable bonds is 2. The molecule has 0 radical (unpaired) electrons. The highest BCUT2D eigenvalue weighted by molar-refractivity contribution is 9.10. The second kappa shape index (κ2) is 4.04. The van der Waals surface area contributed by atoms with Gasteiger partial charge in [-0.25, -0.2) is 0 Å². The number of benzene rings is 1.